The summed E-state index contributed by atoms with van der Waals surface area (Å²) in [6.45, 7) is 3.58. The van der Waals surface area contributed by atoms with Gasteiger partial charge in [-0.05, 0) is 61.8 Å². The van der Waals surface area contributed by atoms with Crippen molar-refractivity contribution in [1.82, 2.24) is 10.6 Å². The molecule has 0 radical (unpaired) electrons. The highest BCUT2D eigenvalue weighted by atomic mass is 35.5. The number of alkyl halides is 3. The predicted molar refractivity (Wildman–Crippen MR) is 99.9 cm³/mol. The minimum Gasteiger partial charge on any atom is -0.489 e. The molecule has 1 aliphatic rings. The molecule has 3 nitrogen and oxygen atoms in total. The third kappa shape index (κ3) is 5.86. The molecule has 3 rings (SSSR count). The number of rotatable bonds is 7. The van der Waals surface area contributed by atoms with Crippen LogP contribution in [0.25, 0.3) is 0 Å². The van der Waals surface area contributed by atoms with E-state index in [9.17, 15) is 13.2 Å². The van der Waals surface area contributed by atoms with E-state index >= 15 is 0 Å². The standard InChI is InChI=1S/C20H22ClF3N2O/c21-17-5-4-16(19(9-17)20(22,23)24)13-27-18-3-1-2-14(8-18)10-26-12-15-6-7-25-11-15/h1-5,8-9,15,25-26H,6-7,10-13H2. The lowest BCUT2D eigenvalue weighted by atomic mass is 10.1. The summed E-state index contributed by atoms with van der Waals surface area (Å²) in [5.74, 6) is 1.19. The lowest BCUT2D eigenvalue weighted by Crippen LogP contribution is -2.24. The van der Waals surface area contributed by atoms with Gasteiger partial charge in [-0.25, -0.2) is 0 Å². The minimum atomic E-state index is -4.47. The van der Waals surface area contributed by atoms with Crippen molar-refractivity contribution < 1.29 is 17.9 Å². The fourth-order valence-electron chi connectivity index (χ4n) is 3.15. The molecule has 2 aromatic rings. The number of halogens is 4. The molecule has 0 bridgehead atoms. The van der Waals surface area contributed by atoms with Gasteiger partial charge in [0.1, 0.15) is 12.4 Å². The molecule has 146 valence electrons. The summed E-state index contributed by atoms with van der Waals surface area (Å²) >= 11 is 5.70. The Bertz CT molecular complexity index is 761. The Morgan fingerprint density at radius 2 is 2.04 bits per heavy atom. The Kier molecular flexibility index (Phi) is 6.63. The van der Waals surface area contributed by atoms with Crippen molar-refractivity contribution in [2.45, 2.75) is 25.7 Å². The summed E-state index contributed by atoms with van der Waals surface area (Å²) in [4.78, 5) is 0. The van der Waals surface area contributed by atoms with E-state index in [0.717, 1.165) is 31.3 Å². The van der Waals surface area contributed by atoms with Gasteiger partial charge in [-0.2, -0.15) is 13.2 Å². The van der Waals surface area contributed by atoms with E-state index in [4.69, 9.17) is 16.3 Å². The molecule has 1 unspecified atom stereocenters. The Morgan fingerprint density at radius 1 is 1.19 bits per heavy atom. The van der Waals surface area contributed by atoms with Crippen LogP contribution in [0.1, 0.15) is 23.1 Å². The number of ether oxygens (including phenoxy) is 1. The Labute approximate surface area is 161 Å². The first-order valence-electron chi connectivity index (χ1n) is 8.90. The van der Waals surface area contributed by atoms with E-state index in [1.54, 1.807) is 6.07 Å². The van der Waals surface area contributed by atoms with Gasteiger partial charge >= 0.3 is 6.18 Å². The van der Waals surface area contributed by atoms with Crippen molar-refractivity contribution >= 4 is 11.6 Å². The van der Waals surface area contributed by atoms with Gasteiger partial charge in [0, 0.05) is 17.1 Å². The topological polar surface area (TPSA) is 33.3 Å². The summed E-state index contributed by atoms with van der Waals surface area (Å²) in [6, 6.07) is 11.1. The largest absolute Gasteiger partial charge is 0.489 e. The summed E-state index contributed by atoms with van der Waals surface area (Å²) < 4.78 is 45.1. The van der Waals surface area contributed by atoms with Crippen molar-refractivity contribution in [2.75, 3.05) is 19.6 Å². The third-order valence-electron chi connectivity index (χ3n) is 4.59. The normalized spacial score (nSPS) is 17.3. The molecule has 7 heteroatoms. The van der Waals surface area contributed by atoms with E-state index in [-0.39, 0.29) is 17.2 Å². The quantitative estimate of drug-likeness (QED) is 0.713. The van der Waals surface area contributed by atoms with E-state index in [2.05, 4.69) is 10.6 Å². The first-order valence-corrected chi connectivity index (χ1v) is 9.28. The second-order valence-corrected chi connectivity index (χ2v) is 7.16. The molecule has 0 amide bonds. The average molecular weight is 399 g/mol. The summed E-state index contributed by atoms with van der Waals surface area (Å²) in [5, 5.41) is 6.81. The molecule has 1 atom stereocenters. The van der Waals surface area contributed by atoms with Crippen LogP contribution in [0, 0.1) is 5.92 Å². The molecule has 1 saturated heterocycles. The first kappa shape index (κ1) is 20.0. The molecular weight excluding hydrogens is 377 g/mol. The summed E-state index contributed by atoms with van der Waals surface area (Å²) in [5.41, 5.74) is 0.327. The molecule has 2 aromatic carbocycles. The second-order valence-electron chi connectivity index (χ2n) is 6.73. The number of benzene rings is 2. The van der Waals surface area contributed by atoms with Crippen LogP contribution in [0.5, 0.6) is 5.75 Å². The highest BCUT2D eigenvalue weighted by molar-refractivity contribution is 6.30. The van der Waals surface area contributed by atoms with Crippen LogP contribution in [-0.4, -0.2) is 19.6 Å². The fourth-order valence-corrected chi connectivity index (χ4v) is 3.33. The molecule has 1 aliphatic heterocycles. The maximum absolute atomic E-state index is 13.2. The highest BCUT2D eigenvalue weighted by Gasteiger charge is 2.33. The maximum Gasteiger partial charge on any atom is 0.416 e. The lowest BCUT2D eigenvalue weighted by molar-refractivity contribution is -0.138. The van der Waals surface area contributed by atoms with Gasteiger partial charge in [0.2, 0.25) is 0 Å². The molecule has 0 saturated carbocycles. The van der Waals surface area contributed by atoms with Gasteiger partial charge < -0.3 is 15.4 Å². The van der Waals surface area contributed by atoms with Crippen LogP contribution >= 0.6 is 11.6 Å². The van der Waals surface area contributed by atoms with Crippen LogP contribution in [0.15, 0.2) is 42.5 Å². The van der Waals surface area contributed by atoms with Crippen LogP contribution in [-0.2, 0) is 19.3 Å². The molecule has 0 aromatic heterocycles. The first-order chi connectivity index (χ1) is 12.9. The van der Waals surface area contributed by atoms with Gasteiger partial charge in [0.25, 0.3) is 0 Å². The zero-order chi connectivity index (χ0) is 19.3. The monoisotopic (exact) mass is 398 g/mol. The van der Waals surface area contributed by atoms with Crippen molar-refractivity contribution in [3.8, 4) is 5.75 Å². The van der Waals surface area contributed by atoms with Gasteiger partial charge in [0.05, 0.1) is 5.56 Å². The molecule has 0 spiro atoms. The van der Waals surface area contributed by atoms with Crippen molar-refractivity contribution in [1.29, 1.82) is 0 Å². The van der Waals surface area contributed by atoms with E-state index in [0.29, 0.717) is 18.2 Å². The molecule has 27 heavy (non-hydrogen) atoms. The minimum absolute atomic E-state index is 0.0524. The number of hydrogen-bond acceptors (Lipinski definition) is 3. The lowest BCUT2D eigenvalue weighted by Gasteiger charge is -2.15. The zero-order valence-electron chi connectivity index (χ0n) is 14.8. The molecule has 2 N–H and O–H groups in total. The predicted octanol–water partition coefficient (Wildman–Crippen LogP) is 4.64. The van der Waals surface area contributed by atoms with Crippen molar-refractivity contribution in [3.63, 3.8) is 0 Å². The van der Waals surface area contributed by atoms with Crippen LogP contribution < -0.4 is 15.4 Å². The smallest absolute Gasteiger partial charge is 0.416 e. The van der Waals surface area contributed by atoms with Crippen molar-refractivity contribution in [3.05, 3.63) is 64.2 Å². The van der Waals surface area contributed by atoms with Gasteiger partial charge in [-0.15, -0.1) is 0 Å². The van der Waals surface area contributed by atoms with E-state index in [1.807, 2.05) is 18.2 Å². The molecule has 0 aliphatic carbocycles. The van der Waals surface area contributed by atoms with Gasteiger partial charge in [0.15, 0.2) is 0 Å². The van der Waals surface area contributed by atoms with Crippen LogP contribution in [0.3, 0.4) is 0 Å². The second kappa shape index (κ2) is 8.95. The fraction of sp³-hybridized carbons (Fsp3) is 0.400. The summed E-state index contributed by atoms with van der Waals surface area (Å²) in [6.07, 6.45) is -3.29. The number of hydrogen-bond donors (Lipinski definition) is 2. The van der Waals surface area contributed by atoms with E-state index < -0.39 is 11.7 Å². The summed E-state index contributed by atoms with van der Waals surface area (Å²) in [7, 11) is 0. The highest BCUT2D eigenvalue weighted by Crippen LogP contribution is 2.34. The van der Waals surface area contributed by atoms with E-state index in [1.165, 1.54) is 18.6 Å². The van der Waals surface area contributed by atoms with Crippen LogP contribution in [0.4, 0.5) is 13.2 Å². The van der Waals surface area contributed by atoms with Gasteiger partial charge in [-0.3, -0.25) is 0 Å². The Balaban J connectivity index is 1.58. The molecule has 1 heterocycles. The SMILES string of the molecule is FC(F)(F)c1cc(Cl)ccc1COc1cccc(CNCC2CCNC2)c1. The number of nitrogens with one attached hydrogen (secondary N) is 2. The molecular formula is C20H22ClF3N2O. The van der Waals surface area contributed by atoms with Gasteiger partial charge in [-0.1, -0.05) is 29.8 Å². The zero-order valence-corrected chi connectivity index (χ0v) is 15.5. The maximum atomic E-state index is 13.2. The third-order valence-corrected chi connectivity index (χ3v) is 4.83. The van der Waals surface area contributed by atoms with Crippen LogP contribution in [0.2, 0.25) is 5.02 Å². The Hall–Kier alpha value is -1.76. The molecule has 1 fully saturated rings. The Morgan fingerprint density at radius 3 is 2.78 bits per heavy atom. The average Bonchev–Trinajstić information content (AvgIpc) is 3.14. The van der Waals surface area contributed by atoms with Crippen molar-refractivity contribution in [2.24, 2.45) is 5.92 Å².